The van der Waals surface area contributed by atoms with E-state index < -0.39 is 0 Å². The summed E-state index contributed by atoms with van der Waals surface area (Å²) in [5, 5.41) is 1.10. The van der Waals surface area contributed by atoms with Crippen molar-refractivity contribution in [1.29, 1.82) is 0 Å². The quantitative estimate of drug-likeness (QED) is 0.609. The lowest BCUT2D eigenvalue weighted by Crippen LogP contribution is -2.23. The smallest absolute Gasteiger partial charge is 0.161 e. The molecule has 3 aromatic rings. The molecule has 0 N–H and O–H groups in total. The van der Waals surface area contributed by atoms with E-state index in [9.17, 15) is 0 Å². The highest BCUT2D eigenvalue weighted by molar-refractivity contribution is 7.14. The van der Waals surface area contributed by atoms with Crippen LogP contribution in [0.2, 0.25) is 0 Å². The van der Waals surface area contributed by atoms with Gasteiger partial charge >= 0.3 is 0 Å². The van der Waals surface area contributed by atoms with Gasteiger partial charge in [0, 0.05) is 29.2 Å². The lowest BCUT2D eigenvalue weighted by molar-refractivity contribution is 0.170. The molecule has 1 aromatic heterocycles. The second-order valence-electron chi connectivity index (χ2n) is 7.50. The summed E-state index contributed by atoms with van der Waals surface area (Å²) in [5.41, 5.74) is 3.88. The summed E-state index contributed by atoms with van der Waals surface area (Å²) < 4.78 is 11.5. The van der Waals surface area contributed by atoms with Crippen LogP contribution in [0, 0.1) is 6.92 Å². The van der Waals surface area contributed by atoms with Gasteiger partial charge in [0.1, 0.15) is 18.2 Å². The maximum absolute atomic E-state index is 5.79. The lowest BCUT2D eigenvalue weighted by atomic mass is 10.0. The minimum absolute atomic E-state index is 0.442. The van der Waals surface area contributed by atoms with Crippen molar-refractivity contribution in [2.45, 2.75) is 32.4 Å². The molecule has 0 bridgehead atoms. The number of likely N-dealkylation sites (tertiary alicyclic amines) is 1. The first-order chi connectivity index (χ1) is 13.8. The van der Waals surface area contributed by atoms with E-state index >= 15 is 0 Å². The number of rotatable bonds is 4. The molecule has 28 heavy (non-hydrogen) atoms. The summed E-state index contributed by atoms with van der Waals surface area (Å²) in [5.74, 6) is 1.76. The third kappa shape index (κ3) is 3.52. The number of aryl methyl sites for hydroxylation is 1. The molecule has 5 heteroatoms. The van der Waals surface area contributed by atoms with Crippen molar-refractivity contribution in [2.24, 2.45) is 0 Å². The summed E-state index contributed by atoms with van der Waals surface area (Å²) in [6, 6.07) is 15.8. The first kappa shape index (κ1) is 17.7. The molecule has 1 atom stereocenters. The summed E-state index contributed by atoms with van der Waals surface area (Å²) >= 11 is 1.74. The number of fused-ring (bicyclic) bond motifs is 1. The Balaban J connectivity index is 1.32. The van der Waals surface area contributed by atoms with Gasteiger partial charge in [-0.15, -0.1) is 11.3 Å². The number of aromatic nitrogens is 1. The van der Waals surface area contributed by atoms with E-state index in [1.165, 1.54) is 34.4 Å². The van der Waals surface area contributed by atoms with Gasteiger partial charge in [-0.1, -0.05) is 30.3 Å². The van der Waals surface area contributed by atoms with Crippen LogP contribution in [-0.4, -0.2) is 29.6 Å². The van der Waals surface area contributed by atoms with Crippen molar-refractivity contribution < 1.29 is 9.47 Å². The van der Waals surface area contributed by atoms with Gasteiger partial charge in [-0.05, 0) is 49.6 Å². The van der Waals surface area contributed by atoms with Crippen LogP contribution in [0.3, 0.4) is 0 Å². The largest absolute Gasteiger partial charge is 0.486 e. The summed E-state index contributed by atoms with van der Waals surface area (Å²) in [6.45, 7) is 5.47. The lowest BCUT2D eigenvalue weighted by Gasteiger charge is -2.26. The number of thiazole rings is 1. The number of ether oxygens (including phenoxy) is 2. The van der Waals surface area contributed by atoms with Gasteiger partial charge in [0.2, 0.25) is 0 Å². The van der Waals surface area contributed by atoms with Crippen molar-refractivity contribution in [2.75, 3.05) is 19.8 Å². The van der Waals surface area contributed by atoms with Gasteiger partial charge in [0.15, 0.2) is 11.5 Å². The summed E-state index contributed by atoms with van der Waals surface area (Å²) in [4.78, 5) is 8.32. The summed E-state index contributed by atoms with van der Waals surface area (Å²) in [7, 11) is 0. The van der Waals surface area contributed by atoms with E-state index in [1.807, 2.05) is 6.20 Å². The fourth-order valence-corrected chi connectivity index (χ4v) is 4.91. The Morgan fingerprint density at radius 3 is 2.68 bits per heavy atom. The minimum Gasteiger partial charge on any atom is -0.486 e. The zero-order chi connectivity index (χ0) is 18.9. The van der Waals surface area contributed by atoms with Gasteiger partial charge in [-0.3, -0.25) is 4.90 Å². The first-order valence-electron chi connectivity index (χ1n) is 9.91. The number of nitrogens with zero attached hydrogens (tertiary/aromatic N) is 2. The molecule has 144 valence electrons. The number of hydrogen-bond acceptors (Lipinski definition) is 5. The van der Waals surface area contributed by atoms with E-state index in [0.29, 0.717) is 19.3 Å². The second-order valence-corrected chi connectivity index (χ2v) is 8.74. The Morgan fingerprint density at radius 2 is 1.89 bits per heavy atom. The van der Waals surface area contributed by atoms with Crippen LogP contribution in [0.4, 0.5) is 0 Å². The van der Waals surface area contributed by atoms with Gasteiger partial charge in [0.25, 0.3) is 0 Å². The van der Waals surface area contributed by atoms with Crippen LogP contribution in [0.15, 0.2) is 48.7 Å². The predicted octanol–water partition coefficient (Wildman–Crippen LogP) is 5.23. The van der Waals surface area contributed by atoms with Crippen molar-refractivity contribution in [3.63, 3.8) is 0 Å². The molecule has 1 fully saturated rings. The van der Waals surface area contributed by atoms with Crippen LogP contribution >= 0.6 is 11.3 Å². The molecule has 0 amide bonds. The van der Waals surface area contributed by atoms with Crippen LogP contribution in [0.5, 0.6) is 11.5 Å². The van der Waals surface area contributed by atoms with Crippen molar-refractivity contribution in [1.82, 2.24) is 9.88 Å². The Hall–Kier alpha value is -2.37. The van der Waals surface area contributed by atoms with Gasteiger partial charge < -0.3 is 9.47 Å². The minimum atomic E-state index is 0.442. The topological polar surface area (TPSA) is 34.6 Å². The normalized spacial score (nSPS) is 19.1. The average molecular weight is 393 g/mol. The Labute approximate surface area is 169 Å². The van der Waals surface area contributed by atoms with Crippen molar-refractivity contribution in [3.05, 3.63) is 64.7 Å². The maximum Gasteiger partial charge on any atom is 0.161 e. The molecule has 0 spiro atoms. The molecule has 0 saturated carbocycles. The highest BCUT2D eigenvalue weighted by Crippen LogP contribution is 2.38. The van der Waals surface area contributed by atoms with E-state index in [0.717, 1.165) is 29.6 Å². The van der Waals surface area contributed by atoms with Crippen LogP contribution in [0.1, 0.15) is 34.9 Å². The fourth-order valence-electron chi connectivity index (χ4n) is 4.14. The molecule has 2 aliphatic heterocycles. The van der Waals surface area contributed by atoms with Gasteiger partial charge in [-0.25, -0.2) is 4.98 Å². The first-order valence-corrected chi connectivity index (χ1v) is 10.7. The average Bonchev–Trinajstić information content (AvgIpc) is 3.37. The number of benzene rings is 2. The van der Waals surface area contributed by atoms with Gasteiger partial charge in [0.05, 0.1) is 0 Å². The van der Waals surface area contributed by atoms with Crippen LogP contribution < -0.4 is 9.47 Å². The highest BCUT2D eigenvalue weighted by atomic mass is 32.1. The van der Waals surface area contributed by atoms with Crippen molar-refractivity contribution >= 4 is 11.3 Å². The maximum atomic E-state index is 5.79. The van der Waals surface area contributed by atoms with E-state index in [2.05, 4.69) is 59.3 Å². The van der Waals surface area contributed by atoms with Crippen LogP contribution in [0.25, 0.3) is 10.6 Å². The summed E-state index contributed by atoms with van der Waals surface area (Å²) in [6.07, 6.45) is 4.36. The zero-order valence-corrected chi connectivity index (χ0v) is 16.9. The monoisotopic (exact) mass is 392 g/mol. The van der Waals surface area contributed by atoms with E-state index in [4.69, 9.17) is 9.47 Å². The van der Waals surface area contributed by atoms with Crippen molar-refractivity contribution in [3.8, 4) is 22.1 Å². The molecular weight excluding hydrogens is 368 g/mol. The molecule has 1 saturated heterocycles. The fraction of sp³-hybridized carbons (Fsp3) is 0.348. The molecule has 2 aliphatic rings. The predicted molar refractivity (Wildman–Crippen MR) is 112 cm³/mol. The number of hydrogen-bond donors (Lipinski definition) is 0. The zero-order valence-electron chi connectivity index (χ0n) is 16.1. The van der Waals surface area contributed by atoms with Crippen LogP contribution in [-0.2, 0) is 6.54 Å². The molecule has 5 rings (SSSR count). The molecule has 0 aliphatic carbocycles. The SMILES string of the molecule is Cc1cnc(-c2ccc(CN3CCC[C@H]3c3ccc4c(c3)OCCO4)cc2)s1. The van der Waals surface area contributed by atoms with E-state index in [-0.39, 0.29) is 0 Å². The van der Waals surface area contributed by atoms with Gasteiger partial charge in [-0.2, -0.15) is 0 Å². The highest BCUT2D eigenvalue weighted by Gasteiger charge is 2.27. The second kappa shape index (κ2) is 7.57. The van der Waals surface area contributed by atoms with E-state index in [1.54, 1.807) is 11.3 Å². The molecule has 0 radical (unpaired) electrons. The molecular formula is C23H24N2O2S. The standard InChI is InChI=1S/C23H24N2O2S/c1-16-14-24-23(28-16)18-6-4-17(5-7-18)15-25-10-2-3-20(25)19-8-9-21-22(13-19)27-12-11-26-21/h4-9,13-14,20H,2-3,10-12,15H2,1H3/t20-/m0/s1. The molecule has 0 unspecified atom stereocenters. The third-order valence-corrected chi connectivity index (χ3v) is 6.48. The Kier molecular flexibility index (Phi) is 4.79. The molecule has 3 heterocycles. The molecule has 4 nitrogen and oxygen atoms in total. The molecule has 2 aromatic carbocycles. The third-order valence-electron chi connectivity index (χ3n) is 5.52. The Morgan fingerprint density at radius 1 is 1.07 bits per heavy atom. The Bertz CT molecular complexity index is 967.